The number of hydrogen-bond acceptors (Lipinski definition) is 4. The normalized spacial score (nSPS) is 44.8. The Hall–Kier alpha value is -1.36. The summed E-state index contributed by atoms with van der Waals surface area (Å²) in [6.45, 7) is 17.1. The van der Waals surface area contributed by atoms with Gasteiger partial charge in [0.25, 0.3) is 0 Å². The summed E-state index contributed by atoms with van der Waals surface area (Å²) in [4.78, 5) is 0. The maximum Gasteiger partial charge on any atom is 0.115 e. The van der Waals surface area contributed by atoms with Crippen LogP contribution in [0.2, 0.25) is 0 Å². The number of rotatable bonds is 7. The van der Waals surface area contributed by atoms with Crippen LogP contribution in [-0.4, -0.2) is 36.0 Å². The number of aliphatic hydroxyl groups excluding tert-OH is 1. The summed E-state index contributed by atoms with van der Waals surface area (Å²) in [5.74, 6) is 4.46. The predicted molar refractivity (Wildman–Crippen MR) is 168 cm³/mol. The van der Waals surface area contributed by atoms with E-state index in [1.807, 2.05) is 12.1 Å². The standard InChI is InChI=1S/C37H58N2O2/c1-24(22-39-21-16-25-6-8-26(41)9-7-25)27-12-19-37(23-40)20-13-29-28(33(27)37)10-11-31-35(29,4)17-14-30-34(2,3)32(38)15-18-36(30,31)5/h6-9,27-33,39-41H,1,10-23,38H2,2-5H3/t27-,28-,29+,30-,31-,32?,33+,35-,36-,37+/m0/s1. The van der Waals surface area contributed by atoms with Crippen molar-refractivity contribution in [2.24, 2.45) is 62.9 Å². The molecule has 4 heteroatoms. The monoisotopic (exact) mass is 562 g/mol. The molecule has 0 aliphatic heterocycles. The molecule has 1 aromatic carbocycles. The largest absolute Gasteiger partial charge is 0.508 e. The van der Waals surface area contributed by atoms with E-state index in [0.29, 0.717) is 41.1 Å². The Bertz CT molecular complexity index is 1110. The number of benzene rings is 1. The zero-order valence-corrected chi connectivity index (χ0v) is 26.4. The topological polar surface area (TPSA) is 78.5 Å². The molecule has 1 unspecified atom stereocenters. The number of fused-ring (bicyclic) bond motifs is 7. The van der Waals surface area contributed by atoms with Gasteiger partial charge in [-0.25, -0.2) is 0 Å². The highest BCUT2D eigenvalue weighted by molar-refractivity contribution is 5.26. The van der Waals surface area contributed by atoms with Crippen molar-refractivity contribution in [2.45, 2.75) is 104 Å². The molecule has 0 spiro atoms. The summed E-state index contributed by atoms with van der Waals surface area (Å²) in [5, 5.41) is 24.2. The second-order valence-corrected chi connectivity index (χ2v) is 16.5. The van der Waals surface area contributed by atoms with Crippen LogP contribution in [-0.2, 0) is 6.42 Å². The molecule has 5 fully saturated rings. The zero-order chi connectivity index (χ0) is 29.2. The second kappa shape index (κ2) is 10.7. The third-order valence-electron chi connectivity index (χ3n) is 14.6. The molecule has 0 radical (unpaired) electrons. The van der Waals surface area contributed by atoms with Crippen LogP contribution in [0.15, 0.2) is 36.4 Å². The molecule has 10 atom stereocenters. The van der Waals surface area contributed by atoms with Crippen molar-refractivity contribution in [1.29, 1.82) is 0 Å². The molecular weight excluding hydrogens is 504 g/mol. The SMILES string of the molecule is C=C(CNCCc1ccc(O)cc1)[C@@H]1CC[C@]2(CO)CC[C@@H]3[C@H](CC[C@H]4[C@@]3(C)CC[C@H]3C(C)(C)C(N)CC[C@]43C)[C@@H]12. The van der Waals surface area contributed by atoms with Crippen molar-refractivity contribution < 1.29 is 10.2 Å². The smallest absolute Gasteiger partial charge is 0.115 e. The van der Waals surface area contributed by atoms with Gasteiger partial charge in [-0.1, -0.05) is 52.0 Å². The Morgan fingerprint density at radius 1 is 0.902 bits per heavy atom. The lowest BCUT2D eigenvalue weighted by molar-refractivity contribution is -0.202. The summed E-state index contributed by atoms with van der Waals surface area (Å²) >= 11 is 0. The van der Waals surface area contributed by atoms with E-state index >= 15 is 0 Å². The Morgan fingerprint density at radius 2 is 1.61 bits per heavy atom. The van der Waals surface area contributed by atoms with Crippen LogP contribution in [0.3, 0.4) is 0 Å². The van der Waals surface area contributed by atoms with Gasteiger partial charge >= 0.3 is 0 Å². The van der Waals surface area contributed by atoms with E-state index in [9.17, 15) is 10.2 Å². The highest BCUT2D eigenvalue weighted by Gasteiger charge is 2.66. The maximum absolute atomic E-state index is 10.9. The molecule has 0 amide bonds. The number of aromatic hydroxyl groups is 1. The van der Waals surface area contributed by atoms with Crippen LogP contribution in [0.4, 0.5) is 0 Å². The molecule has 5 aliphatic rings. The fourth-order valence-corrected chi connectivity index (χ4v) is 12.4. The Morgan fingerprint density at radius 3 is 2.34 bits per heavy atom. The zero-order valence-electron chi connectivity index (χ0n) is 26.4. The van der Waals surface area contributed by atoms with Crippen molar-refractivity contribution in [3.63, 3.8) is 0 Å². The average molecular weight is 563 g/mol. The third kappa shape index (κ3) is 4.65. The van der Waals surface area contributed by atoms with E-state index < -0.39 is 0 Å². The minimum atomic E-state index is 0.102. The molecule has 6 rings (SSSR count). The predicted octanol–water partition coefficient (Wildman–Crippen LogP) is 7.09. The first kappa shape index (κ1) is 29.7. The van der Waals surface area contributed by atoms with E-state index in [-0.39, 0.29) is 10.8 Å². The van der Waals surface area contributed by atoms with Crippen LogP contribution >= 0.6 is 0 Å². The van der Waals surface area contributed by atoms with E-state index in [4.69, 9.17) is 5.73 Å². The van der Waals surface area contributed by atoms with Gasteiger partial charge in [-0.15, -0.1) is 0 Å². The van der Waals surface area contributed by atoms with E-state index in [2.05, 4.69) is 39.6 Å². The second-order valence-electron chi connectivity index (χ2n) is 16.5. The van der Waals surface area contributed by atoms with Gasteiger partial charge < -0.3 is 21.3 Å². The van der Waals surface area contributed by atoms with E-state index in [1.54, 1.807) is 12.1 Å². The summed E-state index contributed by atoms with van der Waals surface area (Å²) in [6.07, 6.45) is 13.7. The molecule has 1 aromatic rings. The highest BCUT2D eigenvalue weighted by Crippen LogP contribution is 2.73. The van der Waals surface area contributed by atoms with Crippen LogP contribution in [0, 0.1) is 57.2 Å². The summed E-state index contributed by atoms with van der Waals surface area (Å²) in [6, 6.07) is 7.89. The van der Waals surface area contributed by atoms with Gasteiger partial charge in [0.2, 0.25) is 0 Å². The molecule has 0 saturated heterocycles. The van der Waals surface area contributed by atoms with Gasteiger partial charge in [-0.05, 0) is 152 Å². The number of nitrogens with one attached hydrogen (secondary N) is 1. The number of hydrogen-bond donors (Lipinski definition) is 4. The van der Waals surface area contributed by atoms with Crippen molar-refractivity contribution in [3.05, 3.63) is 42.0 Å². The van der Waals surface area contributed by atoms with Crippen molar-refractivity contribution >= 4 is 0 Å². The fraction of sp³-hybridized carbons (Fsp3) is 0.784. The van der Waals surface area contributed by atoms with Gasteiger partial charge in [0.05, 0.1) is 0 Å². The summed E-state index contributed by atoms with van der Waals surface area (Å²) in [7, 11) is 0. The number of phenolic OH excluding ortho intramolecular Hbond substituents is 1. The first-order valence-electron chi connectivity index (χ1n) is 17.0. The van der Waals surface area contributed by atoms with Crippen LogP contribution < -0.4 is 11.1 Å². The maximum atomic E-state index is 10.9. The first-order valence-corrected chi connectivity index (χ1v) is 17.0. The molecule has 228 valence electrons. The van der Waals surface area contributed by atoms with Gasteiger partial charge in [-0.2, -0.15) is 0 Å². The molecule has 0 heterocycles. The van der Waals surface area contributed by atoms with Crippen LogP contribution in [0.5, 0.6) is 5.75 Å². The number of nitrogens with two attached hydrogens (primary N) is 1. The first-order chi connectivity index (χ1) is 19.5. The fourth-order valence-electron chi connectivity index (χ4n) is 12.4. The third-order valence-corrected chi connectivity index (χ3v) is 14.6. The molecule has 5 aliphatic carbocycles. The van der Waals surface area contributed by atoms with Gasteiger partial charge in [0.1, 0.15) is 5.75 Å². The minimum absolute atomic E-state index is 0.102. The molecule has 0 aromatic heterocycles. The molecule has 5 saturated carbocycles. The molecule has 41 heavy (non-hydrogen) atoms. The van der Waals surface area contributed by atoms with E-state index in [1.165, 1.54) is 75.3 Å². The minimum Gasteiger partial charge on any atom is -0.508 e. The summed E-state index contributed by atoms with van der Waals surface area (Å²) < 4.78 is 0. The van der Waals surface area contributed by atoms with Crippen LogP contribution in [0.1, 0.15) is 97.5 Å². The van der Waals surface area contributed by atoms with E-state index in [0.717, 1.165) is 43.2 Å². The Labute approximate surface area is 250 Å². The Kier molecular flexibility index (Phi) is 7.73. The van der Waals surface area contributed by atoms with Crippen molar-refractivity contribution in [1.82, 2.24) is 5.32 Å². The van der Waals surface area contributed by atoms with Crippen LogP contribution in [0.25, 0.3) is 0 Å². The van der Waals surface area contributed by atoms with Crippen molar-refractivity contribution in [2.75, 3.05) is 19.7 Å². The Balaban J connectivity index is 1.18. The van der Waals surface area contributed by atoms with Crippen molar-refractivity contribution in [3.8, 4) is 5.75 Å². The molecular formula is C37H58N2O2. The number of phenols is 1. The van der Waals surface area contributed by atoms with Gasteiger partial charge in [-0.3, -0.25) is 0 Å². The lowest BCUT2D eigenvalue weighted by atomic mass is 9.36. The highest BCUT2D eigenvalue weighted by atomic mass is 16.3. The lowest BCUT2D eigenvalue weighted by Crippen LogP contribution is -2.64. The summed E-state index contributed by atoms with van der Waals surface area (Å²) in [5.41, 5.74) is 10.5. The van der Waals surface area contributed by atoms with Gasteiger partial charge in [0, 0.05) is 19.2 Å². The molecule has 5 N–H and O–H groups in total. The lowest BCUT2D eigenvalue weighted by Gasteiger charge is -2.69. The quantitative estimate of drug-likeness (QED) is 0.211. The number of aliphatic hydroxyl groups is 1. The molecule has 0 bridgehead atoms. The average Bonchev–Trinajstić information content (AvgIpc) is 3.35. The van der Waals surface area contributed by atoms with Gasteiger partial charge in [0.15, 0.2) is 0 Å². The molecule has 4 nitrogen and oxygen atoms in total.